The standard InChI is InChI=1S/C15H16N2O3/c1-9-4-2-7-13(12(9)8-16)17-14(18)10-5-3-6-11(10)15(19)20/h2,4,7,10-11H,3,5-6H2,1H3,(H,17,18)(H,19,20)/t10-,11+/m1/s1. The normalized spacial score (nSPS) is 21.2. The van der Waals surface area contributed by atoms with Crippen LogP contribution in [0.5, 0.6) is 0 Å². The van der Waals surface area contributed by atoms with Crippen molar-refractivity contribution < 1.29 is 14.7 Å². The molecule has 0 heterocycles. The number of hydrogen-bond acceptors (Lipinski definition) is 3. The van der Waals surface area contributed by atoms with Crippen molar-refractivity contribution in [3.63, 3.8) is 0 Å². The van der Waals surface area contributed by atoms with Crippen LogP contribution in [0.25, 0.3) is 0 Å². The molecule has 0 radical (unpaired) electrons. The number of carbonyl (C=O) groups excluding carboxylic acids is 1. The number of aryl methyl sites for hydroxylation is 1. The van der Waals surface area contributed by atoms with E-state index < -0.39 is 17.8 Å². The van der Waals surface area contributed by atoms with E-state index in [0.29, 0.717) is 24.1 Å². The molecule has 2 rings (SSSR count). The van der Waals surface area contributed by atoms with Crippen LogP contribution in [0.2, 0.25) is 0 Å². The number of nitrogens with zero attached hydrogens (tertiary/aromatic N) is 1. The molecule has 0 aliphatic heterocycles. The molecule has 1 aliphatic carbocycles. The number of nitrogens with one attached hydrogen (secondary N) is 1. The van der Waals surface area contributed by atoms with Crippen LogP contribution in [-0.2, 0) is 9.59 Å². The average molecular weight is 272 g/mol. The molecule has 0 bridgehead atoms. The molecular weight excluding hydrogens is 256 g/mol. The average Bonchev–Trinajstić information content (AvgIpc) is 2.88. The summed E-state index contributed by atoms with van der Waals surface area (Å²) in [7, 11) is 0. The molecule has 0 saturated heterocycles. The van der Waals surface area contributed by atoms with Crippen molar-refractivity contribution in [3.05, 3.63) is 29.3 Å². The van der Waals surface area contributed by atoms with Gasteiger partial charge >= 0.3 is 5.97 Å². The second-order valence-corrected chi connectivity index (χ2v) is 5.08. The smallest absolute Gasteiger partial charge is 0.307 e. The molecule has 1 aromatic rings. The Morgan fingerprint density at radius 3 is 2.70 bits per heavy atom. The van der Waals surface area contributed by atoms with Crippen LogP contribution in [0.15, 0.2) is 18.2 Å². The number of carboxylic acids is 1. The zero-order valence-electron chi connectivity index (χ0n) is 11.2. The van der Waals surface area contributed by atoms with Gasteiger partial charge in [-0.2, -0.15) is 5.26 Å². The van der Waals surface area contributed by atoms with Crippen molar-refractivity contribution in [2.24, 2.45) is 11.8 Å². The highest BCUT2D eigenvalue weighted by Crippen LogP contribution is 2.33. The molecule has 20 heavy (non-hydrogen) atoms. The van der Waals surface area contributed by atoms with E-state index in [1.54, 1.807) is 25.1 Å². The monoisotopic (exact) mass is 272 g/mol. The van der Waals surface area contributed by atoms with Crippen molar-refractivity contribution in [1.82, 2.24) is 0 Å². The van der Waals surface area contributed by atoms with Crippen LogP contribution in [-0.4, -0.2) is 17.0 Å². The summed E-state index contributed by atoms with van der Waals surface area (Å²) in [5.74, 6) is -2.37. The van der Waals surface area contributed by atoms with Crippen LogP contribution < -0.4 is 5.32 Å². The summed E-state index contributed by atoms with van der Waals surface area (Å²) in [6, 6.07) is 7.28. The number of amides is 1. The molecule has 104 valence electrons. The van der Waals surface area contributed by atoms with Crippen LogP contribution in [0, 0.1) is 30.1 Å². The summed E-state index contributed by atoms with van der Waals surface area (Å²) in [6.45, 7) is 1.80. The lowest BCUT2D eigenvalue weighted by Crippen LogP contribution is -2.30. The zero-order valence-corrected chi connectivity index (χ0v) is 11.2. The van der Waals surface area contributed by atoms with Gasteiger partial charge in [-0.15, -0.1) is 0 Å². The molecule has 1 saturated carbocycles. The number of carbonyl (C=O) groups is 2. The summed E-state index contributed by atoms with van der Waals surface area (Å²) >= 11 is 0. The Labute approximate surface area is 117 Å². The molecule has 2 atom stereocenters. The summed E-state index contributed by atoms with van der Waals surface area (Å²) in [6.07, 6.45) is 1.86. The van der Waals surface area contributed by atoms with Gasteiger partial charge in [0, 0.05) is 0 Å². The Kier molecular flexibility index (Phi) is 4.04. The lowest BCUT2D eigenvalue weighted by atomic mass is 9.95. The lowest BCUT2D eigenvalue weighted by molar-refractivity contribution is -0.145. The maximum atomic E-state index is 12.2. The van der Waals surface area contributed by atoms with Crippen LogP contribution in [0.1, 0.15) is 30.4 Å². The Morgan fingerprint density at radius 1 is 1.35 bits per heavy atom. The molecule has 0 spiro atoms. The fraction of sp³-hybridized carbons (Fsp3) is 0.400. The Balaban J connectivity index is 2.19. The summed E-state index contributed by atoms with van der Waals surface area (Å²) in [4.78, 5) is 23.3. The highest BCUT2D eigenvalue weighted by atomic mass is 16.4. The first-order valence-electron chi connectivity index (χ1n) is 6.58. The molecule has 0 aromatic heterocycles. The predicted octanol–water partition coefficient (Wildman–Crippen LogP) is 2.31. The van der Waals surface area contributed by atoms with Crippen molar-refractivity contribution in [1.29, 1.82) is 5.26 Å². The predicted molar refractivity (Wildman–Crippen MR) is 73.0 cm³/mol. The first kappa shape index (κ1) is 14.1. The number of nitriles is 1. The van der Waals surface area contributed by atoms with Crippen molar-refractivity contribution >= 4 is 17.6 Å². The molecule has 1 amide bonds. The Hall–Kier alpha value is -2.35. The Bertz CT molecular complexity index is 589. The van der Waals surface area contributed by atoms with Gasteiger partial charge in [0.25, 0.3) is 0 Å². The largest absolute Gasteiger partial charge is 0.481 e. The minimum Gasteiger partial charge on any atom is -0.481 e. The summed E-state index contributed by atoms with van der Waals surface area (Å²) < 4.78 is 0. The topological polar surface area (TPSA) is 90.2 Å². The van der Waals surface area contributed by atoms with E-state index in [9.17, 15) is 9.59 Å². The quantitative estimate of drug-likeness (QED) is 0.883. The molecule has 1 aliphatic rings. The maximum Gasteiger partial charge on any atom is 0.307 e. The molecule has 1 fully saturated rings. The number of benzene rings is 1. The third-order valence-corrected chi connectivity index (χ3v) is 3.81. The lowest BCUT2D eigenvalue weighted by Gasteiger charge is -2.16. The van der Waals surface area contributed by atoms with Crippen LogP contribution in [0.4, 0.5) is 5.69 Å². The Morgan fingerprint density at radius 2 is 2.05 bits per heavy atom. The van der Waals surface area contributed by atoms with Gasteiger partial charge in [-0.3, -0.25) is 9.59 Å². The minimum absolute atomic E-state index is 0.308. The van der Waals surface area contributed by atoms with Crippen molar-refractivity contribution in [2.45, 2.75) is 26.2 Å². The number of anilines is 1. The van der Waals surface area contributed by atoms with E-state index in [-0.39, 0.29) is 5.91 Å². The molecule has 5 nitrogen and oxygen atoms in total. The second kappa shape index (κ2) is 5.74. The first-order chi connectivity index (χ1) is 9.54. The van der Waals surface area contributed by atoms with Crippen LogP contribution in [0.3, 0.4) is 0 Å². The number of carboxylic acid groups (broad SMARTS) is 1. The fourth-order valence-corrected chi connectivity index (χ4v) is 2.72. The van der Waals surface area contributed by atoms with Gasteiger partial charge in [0.2, 0.25) is 5.91 Å². The summed E-state index contributed by atoms with van der Waals surface area (Å²) in [5.41, 5.74) is 1.66. The van der Waals surface area contributed by atoms with Gasteiger partial charge < -0.3 is 10.4 Å². The first-order valence-corrected chi connectivity index (χ1v) is 6.58. The minimum atomic E-state index is -0.924. The van der Waals surface area contributed by atoms with E-state index in [1.165, 1.54) is 0 Å². The fourth-order valence-electron chi connectivity index (χ4n) is 2.72. The van der Waals surface area contributed by atoms with Crippen molar-refractivity contribution in [2.75, 3.05) is 5.32 Å². The highest BCUT2D eigenvalue weighted by Gasteiger charge is 2.37. The van der Waals surface area contributed by atoms with E-state index in [4.69, 9.17) is 10.4 Å². The van der Waals surface area contributed by atoms with E-state index in [0.717, 1.165) is 12.0 Å². The third kappa shape index (κ3) is 2.64. The third-order valence-electron chi connectivity index (χ3n) is 3.81. The molecule has 0 unspecified atom stereocenters. The van der Waals surface area contributed by atoms with Crippen LogP contribution >= 0.6 is 0 Å². The van der Waals surface area contributed by atoms with Gasteiger partial charge in [0.05, 0.1) is 23.1 Å². The number of rotatable bonds is 3. The SMILES string of the molecule is Cc1cccc(NC(=O)[C@@H]2CCC[C@@H]2C(=O)O)c1C#N. The highest BCUT2D eigenvalue weighted by molar-refractivity contribution is 5.96. The van der Waals surface area contributed by atoms with Gasteiger partial charge in [0.1, 0.15) is 6.07 Å². The molecule has 2 N–H and O–H groups in total. The molecule has 1 aromatic carbocycles. The van der Waals surface area contributed by atoms with E-state index >= 15 is 0 Å². The van der Waals surface area contributed by atoms with E-state index in [1.807, 2.05) is 0 Å². The van der Waals surface area contributed by atoms with Crippen molar-refractivity contribution in [3.8, 4) is 6.07 Å². The van der Waals surface area contributed by atoms with Gasteiger partial charge in [-0.25, -0.2) is 0 Å². The molecule has 5 heteroatoms. The van der Waals surface area contributed by atoms with E-state index in [2.05, 4.69) is 11.4 Å². The maximum absolute atomic E-state index is 12.2. The molecular formula is C15H16N2O3. The zero-order chi connectivity index (χ0) is 14.7. The number of aliphatic carboxylic acids is 1. The van der Waals surface area contributed by atoms with Gasteiger partial charge in [-0.1, -0.05) is 18.6 Å². The number of hydrogen-bond donors (Lipinski definition) is 2. The summed E-state index contributed by atoms with van der Waals surface area (Å²) in [5, 5.41) is 20.9. The van der Waals surface area contributed by atoms with Gasteiger partial charge in [-0.05, 0) is 31.4 Å². The van der Waals surface area contributed by atoms with Gasteiger partial charge in [0.15, 0.2) is 0 Å². The second-order valence-electron chi connectivity index (χ2n) is 5.08.